The van der Waals surface area contributed by atoms with Crippen molar-refractivity contribution in [3.63, 3.8) is 0 Å². The molecule has 0 aromatic heterocycles. The molecule has 0 saturated heterocycles. The van der Waals surface area contributed by atoms with Gasteiger partial charge in [0.1, 0.15) is 0 Å². The van der Waals surface area contributed by atoms with Gasteiger partial charge in [-0.3, -0.25) is 9.59 Å². The molecule has 1 atom stereocenters. The van der Waals surface area contributed by atoms with Gasteiger partial charge in [-0.1, -0.05) is 65.2 Å². The van der Waals surface area contributed by atoms with Crippen molar-refractivity contribution in [1.29, 1.82) is 0 Å². The third-order valence-electron chi connectivity index (χ3n) is 4.74. The van der Waals surface area contributed by atoms with Crippen molar-refractivity contribution >= 4 is 34.8 Å². The molecule has 3 aromatic carbocycles. The number of carbonyl (C=O) groups excluding carboxylic acids is 2. The standard InChI is InChI=1S/C24H20Cl2O2/c1-16-2-4-18(5-3-16)23(27)14-20(17-6-10-21(25)11-7-17)15-24(28)19-8-12-22(26)13-9-19/h2-13,20H,14-15H2,1H3. The largest absolute Gasteiger partial charge is 0.294 e. The van der Waals surface area contributed by atoms with Crippen molar-refractivity contribution in [2.75, 3.05) is 0 Å². The minimum absolute atomic E-state index is 0.0175. The van der Waals surface area contributed by atoms with Crippen molar-refractivity contribution < 1.29 is 9.59 Å². The van der Waals surface area contributed by atoms with Crippen LogP contribution in [0.15, 0.2) is 72.8 Å². The van der Waals surface area contributed by atoms with Gasteiger partial charge in [0, 0.05) is 34.0 Å². The number of ketones is 2. The maximum atomic E-state index is 12.8. The molecule has 0 radical (unpaired) electrons. The van der Waals surface area contributed by atoms with Gasteiger partial charge in [0.25, 0.3) is 0 Å². The summed E-state index contributed by atoms with van der Waals surface area (Å²) < 4.78 is 0. The van der Waals surface area contributed by atoms with Crippen LogP contribution in [0, 0.1) is 6.92 Å². The van der Waals surface area contributed by atoms with Gasteiger partial charge in [-0.15, -0.1) is 0 Å². The van der Waals surface area contributed by atoms with Gasteiger partial charge in [-0.05, 0) is 54.8 Å². The summed E-state index contributed by atoms with van der Waals surface area (Å²) in [6.07, 6.45) is 0.491. The number of benzene rings is 3. The average molecular weight is 411 g/mol. The van der Waals surface area contributed by atoms with Crippen molar-refractivity contribution in [1.82, 2.24) is 0 Å². The number of aryl methyl sites for hydroxylation is 1. The third-order valence-corrected chi connectivity index (χ3v) is 5.25. The zero-order valence-corrected chi connectivity index (χ0v) is 17.0. The zero-order chi connectivity index (χ0) is 20.1. The normalized spacial score (nSPS) is 11.8. The van der Waals surface area contributed by atoms with E-state index in [1.807, 2.05) is 43.3 Å². The van der Waals surface area contributed by atoms with Crippen LogP contribution in [0.1, 0.15) is 50.6 Å². The first-order chi connectivity index (χ1) is 13.4. The SMILES string of the molecule is Cc1ccc(C(=O)CC(CC(=O)c2ccc(Cl)cc2)c2ccc(Cl)cc2)cc1. The Labute approximate surface area is 175 Å². The highest BCUT2D eigenvalue weighted by Crippen LogP contribution is 2.28. The molecule has 0 aliphatic carbocycles. The monoisotopic (exact) mass is 410 g/mol. The summed E-state index contributed by atoms with van der Waals surface area (Å²) in [6.45, 7) is 1.98. The minimum Gasteiger partial charge on any atom is -0.294 e. The summed E-state index contributed by atoms with van der Waals surface area (Å²) in [5.74, 6) is -0.230. The third kappa shape index (κ3) is 5.31. The van der Waals surface area contributed by atoms with E-state index in [0.29, 0.717) is 21.2 Å². The first-order valence-electron chi connectivity index (χ1n) is 9.06. The highest BCUT2D eigenvalue weighted by Gasteiger charge is 2.21. The van der Waals surface area contributed by atoms with Gasteiger partial charge in [0.2, 0.25) is 0 Å². The van der Waals surface area contributed by atoms with Crippen LogP contribution in [-0.4, -0.2) is 11.6 Å². The maximum absolute atomic E-state index is 12.8. The summed E-state index contributed by atoms with van der Waals surface area (Å²) in [7, 11) is 0. The van der Waals surface area contributed by atoms with Gasteiger partial charge in [0.15, 0.2) is 11.6 Å². The van der Waals surface area contributed by atoms with E-state index in [4.69, 9.17) is 23.2 Å². The van der Waals surface area contributed by atoms with Crippen LogP contribution >= 0.6 is 23.2 Å². The smallest absolute Gasteiger partial charge is 0.163 e. The summed E-state index contributed by atoms with van der Waals surface area (Å²) in [6, 6.07) is 21.7. The molecule has 0 aliphatic heterocycles. The molecule has 0 N–H and O–H groups in total. The van der Waals surface area contributed by atoms with Crippen LogP contribution in [0.2, 0.25) is 10.0 Å². The Balaban J connectivity index is 1.83. The molecule has 2 nitrogen and oxygen atoms in total. The second-order valence-corrected chi connectivity index (χ2v) is 7.75. The lowest BCUT2D eigenvalue weighted by molar-refractivity contribution is 0.0944. The molecule has 28 heavy (non-hydrogen) atoms. The topological polar surface area (TPSA) is 34.1 Å². The quantitative estimate of drug-likeness (QED) is 0.395. The molecular formula is C24H20Cl2O2. The predicted molar refractivity (Wildman–Crippen MR) is 115 cm³/mol. The molecule has 0 saturated carbocycles. The van der Waals surface area contributed by atoms with Crippen molar-refractivity contribution in [2.45, 2.75) is 25.7 Å². The van der Waals surface area contributed by atoms with E-state index in [-0.39, 0.29) is 30.3 Å². The van der Waals surface area contributed by atoms with E-state index in [1.54, 1.807) is 36.4 Å². The number of halogens is 2. The molecule has 1 unspecified atom stereocenters. The Morgan fingerprint density at radius 3 is 1.54 bits per heavy atom. The van der Waals surface area contributed by atoms with E-state index in [1.165, 1.54) is 0 Å². The van der Waals surface area contributed by atoms with Crippen molar-refractivity contribution in [3.8, 4) is 0 Å². The minimum atomic E-state index is -0.228. The molecule has 0 amide bonds. The Morgan fingerprint density at radius 1 is 0.679 bits per heavy atom. The lowest BCUT2D eigenvalue weighted by Crippen LogP contribution is -2.13. The van der Waals surface area contributed by atoms with E-state index in [0.717, 1.165) is 11.1 Å². The Hall–Kier alpha value is -2.42. The second-order valence-electron chi connectivity index (χ2n) is 6.88. The van der Waals surface area contributed by atoms with Crippen molar-refractivity contribution in [2.24, 2.45) is 0 Å². The van der Waals surface area contributed by atoms with Gasteiger partial charge in [0.05, 0.1) is 0 Å². The highest BCUT2D eigenvalue weighted by molar-refractivity contribution is 6.30. The van der Waals surface area contributed by atoms with E-state index in [9.17, 15) is 9.59 Å². The zero-order valence-electron chi connectivity index (χ0n) is 15.5. The fraction of sp³-hybridized carbons (Fsp3) is 0.167. The number of Topliss-reactive ketones (excluding diaryl/α,β-unsaturated/α-hetero) is 2. The van der Waals surface area contributed by atoms with Crippen LogP contribution in [0.25, 0.3) is 0 Å². The average Bonchev–Trinajstić information content (AvgIpc) is 2.69. The molecule has 0 spiro atoms. The van der Waals surface area contributed by atoms with Crippen LogP contribution in [-0.2, 0) is 0 Å². The molecule has 0 fully saturated rings. The molecule has 3 rings (SSSR count). The first-order valence-corrected chi connectivity index (χ1v) is 9.82. The number of hydrogen-bond acceptors (Lipinski definition) is 2. The summed E-state index contributed by atoms with van der Waals surface area (Å²) in [4.78, 5) is 25.6. The number of rotatable bonds is 7. The van der Waals surface area contributed by atoms with E-state index in [2.05, 4.69) is 0 Å². The number of carbonyl (C=O) groups is 2. The first kappa shape index (κ1) is 20.3. The summed E-state index contributed by atoms with van der Waals surface area (Å²) >= 11 is 11.9. The van der Waals surface area contributed by atoms with Gasteiger partial charge < -0.3 is 0 Å². The van der Waals surface area contributed by atoms with Gasteiger partial charge in [-0.25, -0.2) is 0 Å². The molecule has 0 bridgehead atoms. The van der Waals surface area contributed by atoms with Crippen LogP contribution in [0.3, 0.4) is 0 Å². The molecule has 4 heteroatoms. The maximum Gasteiger partial charge on any atom is 0.163 e. The summed E-state index contributed by atoms with van der Waals surface area (Å²) in [5.41, 5.74) is 3.27. The van der Waals surface area contributed by atoms with Crippen LogP contribution < -0.4 is 0 Å². The summed E-state index contributed by atoms with van der Waals surface area (Å²) in [5, 5.41) is 1.21. The van der Waals surface area contributed by atoms with Crippen LogP contribution in [0.5, 0.6) is 0 Å². The number of hydrogen-bond donors (Lipinski definition) is 0. The predicted octanol–water partition coefficient (Wildman–Crippen LogP) is 6.93. The van der Waals surface area contributed by atoms with Crippen molar-refractivity contribution in [3.05, 3.63) is 105 Å². The molecule has 0 heterocycles. The Bertz CT molecular complexity index is 899. The fourth-order valence-corrected chi connectivity index (χ4v) is 3.35. The van der Waals surface area contributed by atoms with Gasteiger partial charge >= 0.3 is 0 Å². The molecule has 142 valence electrons. The highest BCUT2D eigenvalue weighted by atomic mass is 35.5. The molecule has 0 aliphatic rings. The molecular weight excluding hydrogens is 391 g/mol. The van der Waals surface area contributed by atoms with E-state index >= 15 is 0 Å². The molecule has 3 aromatic rings. The second kappa shape index (κ2) is 9.18. The Morgan fingerprint density at radius 2 is 1.07 bits per heavy atom. The Kier molecular flexibility index (Phi) is 6.66. The lowest BCUT2D eigenvalue weighted by atomic mass is 9.86. The lowest BCUT2D eigenvalue weighted by Gasteiger charge is -2.17. The van der Waals surface area contributed by atoms with Gasteiger partial charge in [-0.2, -0.15) is 0 Å². The van der Waals surface area contributed by atoms with E-state index < -0.39 is 0 Å². The van der Waals surface area contributed by atoms with Crippen LogP contribution in [0.4, 0.5) is 0 Å². The fourth-order valence-electron chi connectivity index (χ4n) is 3.10.